The van der Waals surface area contributed by atoms with Crippen molar-refractivity contribution in [1.82, 2.24) is 0 Å². The molecule has 0 saturated heterocycles. The molecule has 0 unspecified atom stereocenters. The van der Waals surface area contributed by atoms with Crippen molar-refractivity contribution >= 4 is 29.2 Å². The Bertz CT molecular complexity index is 791. The number of amides is 1. The molecule has 2 aromatic carbocycles. The summed E-state index contributed by atoms with van der Waals surface area (Å²) in [6.45, 7) is -0.334. The van der Waals surface area contributed by atoms with Gasteiger partial charge in [0.2, 0.25) is 5.91 Å². The number of nitro groups is 1. The van der Waals surface area contributed by atoms with Crippen molar-refractivity contribution in [2.75, 3.05) is 0 Å². The van der Waals surface area contributed by atoms with E-state index in [1.54, 1.807) is 12.1 Å². The predicted octanol–water partition coefficient (Wildman–Crippen LogP) is 2.70. The van der Waals surface area contributed by atoms with E-state index in [-0.39, 0.29) is 34.0 Å². The van der Waals surface area contributed by atoms with Crippen LogP contribution in [-0.4, -0.2) is 16.8 Å². The minimum atomic E-state index is -0.785. The number of hydrogen-bond donors (Lipinski definition) is 1. The Labute approximate surface area is 135 Å². The highest BCUT2D eigenvalue weighted by Gasteiger charge is 2.19. The Morgan fingerprint density at radius 2 is 1.91 bits per heavy atom. The number of rotatable bonds is 5. The maximum atomic E-state index is 11.9. The second kappa shape index (κ2) is 6.89. The molecule has 8 heteroatoms. The first-order valence-corrected chi connectivity index (χ1v) is 6.76. The van der Waals surface area contributed by atoms with Gasteiger partial charge < -0.3 is 10.5 Å². The third-order valence-corrected chi connectivity index (χ3v) is 3.35. The molecule has 0 aliphatic heterocycles. The van der Waals surface area contributed by atoms with E-state index in [2.05, 4.69) is 0 Å². The number of nitrogens with two attached hydrogens (primary N) is 1. The van der Waals surface area contributed by atoms with Crippen LogP contribution in [0.15, 0.2) is 42.5 Å². The summed E-state index contributed by atoms with van der Waals surface area (Å²) in [7, 11) is 0. The molecular formula is C15H11ClN2O5. The van der Waals surface area contributed by atoms with E-state index >= 15 is 0 Å². The Morgan fingerprint density at radius 1 is 1.22 bits per heavy atom. The molecule has 7 nitrogen and oxygen atoms in total. The lowest BCUT2D eigenvalue weighted by molar-refractivity contribution is -0.385. The number of nitro benzene ring substituents is 1. The van der Waals surface area contributed by atoms with Crippen LogP contribution in [0.1, 0.15) is 26.3 Å². The highest BCUT2D eigenvalue weighted by Crippen LogP contribution is 2.22. The molecule has 2 N–H and O–H groups in total. The van der Waals surface area contributed by atoms with Gasteiger partial charge >= 0.3 is 5.97 Å². The summed E-state index contributed by atoms with van der Waals surface area (Å²) in [4.78, 5) is 33.4. The SMILES string of the molecule is NC(=O)c1ccc(COC(=O)c2ccccc2Cl)c([N+](=O)[O-])c1. The van der Waals surface area contributed by atoms with E-state index in [9.17, 15) is 19.7 Å². The lowest BCUT2D eigenvalue weighted by atomic mass is 10.1. The van der Waals surface area contributed by atoms with Crippen LogP contribution >= 0.6 is 11.6 Å². The van der Waals surface area contributed by atoms with Crippen LogP contribution in [0.25, 0.3) is 0 Å². The molecule has 0 heterocycles. The number of hydrogen-bond acceptors (Lipinski definition) is 5. The van der Waals surface area contributed by atoms with Gasteiger partial charge in [0, 0.05) is 11.6 Å². The predicted molar refractivity (Wildman–Crippen MR) is 82.2 cm³/mol. The average Bonchev–Trinajstić information content (AvgIpc) is 2.52. The van der Waals surface area contributed by atoms with Gasteiger partial charge in [-0.1, -0.05) is 23.7 Å². The number of nitrogens with zero attached hydrogens (tertiary/aromatic N) is 1. The Balaban J connectivity index is 2.20. The van der Waals surface area contributed by atoms with E-state index in [0.717, 1.165) is 6.07 Å². The first-order valence-electron chi connectivity index (χ1n) is 6.39. The molecule has 1 amide bonds. The number of halogens is 1. The van der Waals surface area contributed by atoms with E-state index in [4.69, 9.17) is 22.1 Å². The second-order valence-electron chi connectivity index (χ2n) is 4.52. The smallest absolute Gasteiger partial charge is 0.339 e. The second-order valence-corrected chi connectivity index (χ2v) is 4.93. The van der Waals surface area contributed by atoms with Crippen molar-refractivity contribution in [3.8, 4) is 0 Å². The minimum Gasteiger partial charge on any atom is -0.457 e. The third kappa shape index (κ3) is 3.83. The first-order chi connectivity index (χ1) is 10.9. The standard InChI is InChI=1S/C15H11ClN2O5/c16-12-4-2-1-3-11(12)15(20)23-8-10-6-5-9(14(17)19)7-13(10)18(21)22/h1-7H,8H2,(H2,17,19). The van der Waals surface area contributed by atoms with Crippen LogP contribution in [-0.2, 0) is 11.3 Å². The number of benzene rings is 2. The van der Waals surface area contributed by atoms with Crippen molar-refractivity contribution in [1.29, 1.82) is 0 Å². The molecular weight excluding hydrogens is 324 g/mol. The van der Waals surface area contributed by atoms with Gasteiger partial charge in [0.05, 0.1) is 21.1 Å². The van der Waals surface area contributed by atoms with E-state index in [1.807, 2.05) is 0 Å². The molecule has 0 radical (unpaired) electrons. The molecule has 0 spiro atoms. The van der Waals surface area contributed by atoms with Crippen LogP contribution in [0.2, 0.25) is 5.02 Å². The van der Waals surface area contributed by atoms with E-state index in [0.29, 0.717) is 0 Å². The summed E-state index contributed by atoms with van der Waals surface area (Å²) >= 11 is 5.88. The summed E-state index contributed by atoms with van der Waals surface area (Å²) in [5.74, 6) is -1.49. The fourth-order valence-corrected chi connectivity index (χ4v) is 2.07. The summed E-state index contributed by atoms with van der Waals surface area (Å²) in [6, 6.07) is 9.98. The van der Waals surface area contributed by atoms with Crippen molar-refractivity contribution in [2.45, 2.75) is 6.61 Å². The van der Waals surface area contributed by atoms with Gasteiger partial charge in [-0.2, -0.15) is 0 Å². The molecule has 2 rings (SSSR count). The lowest BCUT2D eigenvalue weighted by Crippen LogP contribution is -2.12. The van der Waals surface area contributed by atoms with Gasteiger partial charge in [0.25, 0.3) is 5.69 Å². The highest BCUT2D eigenvalue weighted by atomic mass is 35.5. The Hall–Kier alpha value is -2.93. The van der Waals surface area contributed by atoms with Crippen LogP contribution in [0.3, 0.4) is 0 Å². The topological polar surface area (TPSA) is 113 Å². The average molecular weight is 335 g/mol. The molecule has 0 bridgehead atoms. The summed E-state index contributed by atoms with van der Waals surface area (Å²) in [6.07, 6.45) is 0. The molecule has 0 saturated carbocycles. The quantitative estimate of drug-likeness (QED) is 0.513. The summed E-state index contributed by atoms with van der Waals surface area (Å²) in [5, 5.41) is 11.3. The third-order valence-electron chi connectivity index (χ3n) is 3.02. The monoisotopic (exact) mass is 334 g/mol. The molecule has 0 aliphatic rings. The summed E-state index contributed by atoms with van der Waals surface area (Å²) in [5.41, 5.74) is 5.03. The zero-order chi connectivity index (χ0) is 17.0. The fraction of sp³-hybridized carbons (Fsp3) is 0.0667. The van der Waals surface area contributed by atoms with Crippen molar-refractivity contribution in [3.63, 3.8) is 0 Å². The van der Waals surface area contributed by atoms with E-state index < -0.39 is 16.8 Å². The molecule has 23 heavy (non-hydrogen) atoms. The van der Waals surface area contributed by atoms with Crippen LogP contribution in [0.4, 0.5) is 5.69 Å². The number of esters is 1. The van der Waals surface area contributed by atoms with Gasteiger partial charge in [-0.3, -0.25) is 14.9 Å². The van der Waals surface area contributed by atoms with Gasteiger partial charge in [-0.05, 0) is 24.3 Å². The molecule has 0 aliphatic carbocycles. The van der Waals surface area contributed by atoms with Crippen molar-refractivity contribution < 1.29 is 19.2 Å². The summed E-state index contributed by atoms with van der Waals surface area (Å²) < 4.78 is 5.04. The van der Waals surface area contributed by atoms with Crippen LogP contribution in [0.5, 0.6) is 0 Å². The van der Waals surface area contributed by atoms with Crippen molar-refractivity contribution in [2.24, 2.45) is 5.73 Å². The molecule has 0 aromatic heterocycles. The zero-order valence-corrected chi connectivity index (χ0v) is 12.4. The van der Waals surface area contributed by atoms with E-state index in [1.165, 1.54) is 24.3 Å². The number of carbonyl (C=O) groups excluding carboxylic acids is 2. The first kappa shape index (κ1) is 16.4. The molecule has 118 valence electrons. The lowest BCUT2D eigenvalue weighted by Gasteiger charge is -2.07. The zero-order valence-electron chi connectivity index (χ0n) is 11.7. The van der Waals surface area contributed by atoms with Crippen molar-refractivity contribution in [3.05, 3.63) is 74.3 Å². The largest absolute Gasteiger partial charge is 0.457 e. The fourth-order valence-electron chi connectivity index (χ4n) is 1.86. The molecule has 0 atom stereocenters. The minimum absolute atomic E-state index is 0.00196. The maximum absolute atomic E-state index is 11.9. The molecule has 0 fully saturated rings. The Kier molecular flexibility index (Phi) is 4.92. The highest BCUT2D eigenvalue weighted by molar-refractivity contribution is 6.33. The number of carbonyl (C=O) groups is 2. The normalized spacial score (nSPS) is 10.1. The van der Waals surface area contributed by atoms with Gasteiger partial charge in [0.15, 0.2) is 0 Å². The number of ether oxygens (including phenoxy) is 1. The maximum Gasteiger partial charge on any atom is 0.339 e. The molecule has 2 aromatic rings. The van der Waals surface area contributed by atoms with Gasteiger partial charge in [-0.25, -0.2) is 4.79 Å². The van der Waals surface area contributed by atoms with Gasteiger partial charge in [-0.15, -0.1) is 0 Å². The van der Waals surface area contributed by atoms with Crippen LogP contribution < -0.4 is 5.73 Å². The van der Waals surface area contributed by atoms with Crippen LogP contribution in [0, 0.1) is 10.1 Å². The van der Waals surface area contributed by atoms with Gasteiger partial charge in [0.1, 0.15) is 6.61 Å². The Morgan fingerprint density at radius 3 is 2.52 bits per heavy atom. The number of primary amides is 1.